The van der Waals surface area contributed by atoms with E-state index in [1.165, 1.54) is 12.1 Å². The number of nitrogens with zero attached hydrogens (tertiary/aromatic N) is 3. The highest BCUT2D eigenvalue weighted by Gasteiger charge is 2.20. The summed E-state index contributed by atoms with van der Waals surface area (Å²) in [5.41, 5.74) is 1.48. The molecule has 1 aliphatic rings. The first kappa shape index (κ1) is 15.0. The van der Waals surface area contributed by atoms with Gasteiger partial charge in [-0.2, -0.15) is 0 Å². The molecule has 1 aromatic carbocycles. The van der Waals surface area contributed by atoms with Crippen molar-refractivity contribution < 1.29 is 8.78 Å². The molecule has 0 spiro atoms. The molecule has 0 amide bonds. The van der Waals surface area contributed by atoms with E-state index in [0.29, 0.717) is 17.5 Å². The van der Waals surface area contributed by atoms with Crippen LogP contribution in [0.15, 0.2) is 30.3 Å². The molecular formula is C17H17F2N5. The van der Waals surface area contributed by atoms with Crippen LogP contribution in [0.2, 0.25) is 0 Å². The van der Waals surface area contributed by atoms with Crippen molar-refractivity contribution in [3.63, 3.8) is 0 Å². The molecular weight excluding hydrogens is 312 g/mol. The molecule has 0 bridgehead atoms. The first-order valence-corrected chi connectivity index (χ1v) is 7.91. The molecule has 1 atom stereocenters. The zero-order valence-corrected chi connectivity index (χ0v) is 13.2. The number of halogens is 2. The Kier molecular flexibility index (Phi) is 3.65. The lowest BCUT2D eigenvalue weighted by molar-refractivity contribution is 0.497. The van der Waals surface area contributed by atoms with Crippen LogP contribution in [0.4, 0.5) is 14.6 Å². The molecule has 2 N–H and O–H groups in total. The van der Waals surface area contributed by atoms with Gasteiger partial charge in [-0.3, -0.25) is 0 Å². The number of piperazine rings is 1. The minimum atomic E-state index is -0.648. The van der Waals surface area contributed by atoms with Crippen molar-refractivity contribution >= 4 is 17.0 Å². The predicted molar refractivity (Wildman–Crippen MR) is 88.9 cm³/mol. The van der Waals surface area contributed by atoms with Crippen LogP contribution in [0.5, 0.6) is 0 Å². The maximum absolute atomic E-state index is 14.0. The second kappa shape index (κ2) is 5.83. The molecule has 1 fully saturated rings. The van der Waals surface area contributed by atoms with Crippen molar-refractivity contribution in [2.24, 2.45) is 0 Å². The van der Waals surface area contributed by atoms with E-state index in [9.17, 15) is 8.78 Å². The molecule has 7 heteroatoms. The van der Waals surface area contributed by atoms with Gasteiger partial charge in [0.05, 0.1) is 11.1 Å². The number of benzene rings is 1. The van der Waals surface area contributed by atoms with Crippen LogP contribution >= 0.6 is 0 Å². The summed E-state index contributed by atoms with van der Waals surface area (Å²) < 4.78 is 27.0. The Balaban J connectivity index is 1.73. The Morgan fingerprint density at radius 2 is 2.04 bits per heavy atom. The molecule has 3 heterocycles. The maximum atomic E-state index is 14.0. The van der Waals surface area contributed by atoms with Gasteiger partial charge in [-0.25, -0.2) is 18.7 Å². The van der Waals surface area contributed by atoms with E-state index in [4.69, 9.17) is 0 Å². The van der Waals surface area contributed by atoms with Crippen molar-refractivity contribution in [2.75, 3.05) is 24.5 Å². The number of aromatic amines is 1. The molecule has 124 valence electrons. The minimum absolute atomic E-state index is 0.228. The van der Waals surface area contributed by atoms with Gasteiger partial charge < -0.3 is 15.2 Å². The van der Waals surface area contributed by atoms with E-state index in [1.54, 1.807) is 0 Å². The number of rotatable bonds is 2. The molecule has 24 heavy (non-hydrogen) atoms. The number of anilines is 1. The predicted octanol–water partition coefficient (Wildman–Crippen LogP) is 2.70. The molecule has 0 radical (unpaired) electrons. The second-order valence-corrected chi connectivity index (χ2v) is 6.00. The van der Waals surface area contributed by atoms with Crippen LogP contribution < -0.4 is 10.2 Å². The number of hydrogen-bond donors (Lipinski definition) is 2. The fraction of sp³-hybridized carbons (Fsp3) is 0.294. The van der Waals surface area contributed by atoms with Gasteiger partial charge in [-0.15, -0.1) is 0 Å². The normalized spacial score (nSPS) is 18.3. The molecule has 0 unspecified atom stereocenters. The summed E-state index contributed by atoms with van der Waals surface area (Å²) in [5.74, 6) is -0.0555. The number of H-pyrrole nitrogens is 1. The van der Waals surface area contributed by atoms with E-state index in [-0.39, 0.29) is 5.56 Å². The average molecular weight is 329 g/mol. The lowest BCUT2D eigenvalue weighted by Gasteiger charge is -2.34. The number of fused-ring (bicyclic) bond motifs is 1. The topological polar surface area (TPSA) is 56.8 Å². The molecule has 2 aromatic heterocycles. The maximum Gasteiger partial charge on any atom is 0.180 e. The standard InChI is InChI=1S/C17H17F2N5/c1-10-9-20-6-7-24(10)15-5-4-14-17(22-15)23-16(21-14)12-3-2-11(18)8-13(12)19/h2-5,8,10,20H,6-7,9H2,1H3,(H,21,22,23)/t10-/m1/s1. The van der Waals surface area contributed by atoms with E-state index >= 15 is 0 Å². The Labute approximate surface area is 137 Å². The summed E-state index contributed by atoms with van der Waals surface area (Å²) >= 11 is 0. The molecule has 3 aromatic rings. The summed E-state index contributed by atoms with van der Waals surface area (Å²) in [7, 11) is 0. The lowest BCUT2D eigenvalue weighted by atomic mass is 10.2. The monoisotopic (exact) mass is 329 g/mol. The van der Waals surface area contributed by atoms with Gasteiger partial charge in [0.1, 0.15) is 23.3 Å². The fourth-order valence-electron chi connectivity index (χ4n) is 3.03. The highest BCUT2D eigenvalue weighted by Crippen LogP contribution is 2.25. The SMILES string of the molecule is C[C@@H]1CNCCN1c1ccc2[nH]c(-c3ccc(F)cc3F)nc2n1. The van der Waals surface area contributed by atoms with E-state index in [2.05, 4.69) is 32.1 Å². The van der Waals surface area contributed by atoms with Crippen LogP contribution in [0.1, 0.15) is 6.92 Å². The third-order valence-electron chi connectivity index (χ3n) is 4.31. The van der Waals surface area contributed by atoms with Crippen molar-refractivity contribution in [1.29, 1.82) is 0 Å². The first-order chi connectivity index (χ1) is 11.6. The zero-order valence-electron chi connectivity index (χ0n) is 13.2. The summed E-state index contributed by atoms with van der Waals surface area (Å²) in [6.07, 6.45) is 0. The number of hydrogen-bond acceptors (Lipinski definition) is 4. The van der Waals surface area contributed by atoms with Gasteiger partial charge in [-0.05, 0) is 31.2 Å². The summed E-state index contributed by atoms with van der Waals surface area (Å²) in [6, 6.07) is 7.62. The van der Waals surface area contributed by atoms with Crippen LogP contribution in [0.25, 0.3) is 22.6 Å². The van der Waals surface area contributed by atoms with Gasteiger partial charge in [0.15, 0.2) is 5.65 Å². The average Bonchev–Trinajstić information content (AvgIpc) is 2.98. The van der Waals surface area contributed by atoms with Crippen LogP contribution in [0, 0.1) is 11.6 Å². The number of pyridine rings is 1. The smallest absolute Gasteiger partial charge is 0.180 e. The van der Waals surface area contributed by atoms with E-state index in [1.807, 2.05) is 12.1 Å². The molecule has 1 aliphatic heterocycles. The third-order valence-corrected chi connectivity index (χ3v) is 4.31. The van der Waals surface area contributed by atoms with Gasteiger partial charge in [-0.1, -0.05) is 0 Å². The van der Waals surface area contributed by atoms with Gasteiger partial charge in [0.2, 0.25) is 0 Å². The largest absolute Gasteiger partial charge is 0.351 e. The fourth-order valence-corrected chi connectivity index (χ4v) is 3.03. The summed E-state index contributed by atoms with van der Waals surface area (Å²) in [5, 5.41) is 3.34. The van der Waals surface area contributed by atoms with Crippen LogP contribution in [-0.2, 0) is 0 Å². The molecule has 5 nitrogen and oxygen atoms in total. The van der Waals surface area contributed by atoms with Gasteiger partial charge in [0.25, 0.3) is 0 Å². The number of imidazole rings is 1. The van der Waals surface area contributed by atoms with Crippen LogP contribution in [0.3, 0.4) is 0 Å². The Morgan fingerprint density at radius 3 is 2.83 bits per heavy atom. The zero-order chi connectivity index (χ0) is 16.7. The van der Waals surface area contributed by atoms with Crippen LogP contribution in [-0.4, -0.2) is 40.6 Å². The Bertz CT molecular complexity index is 892. The van der Waals surface area contributed by atoms with Crippen molar-refractivity contribution in [3.8, 4) is 11.4 Å². The third kappa shape index (κ3) is 2.60. The molecule has 1 saturated heterocycles. The second-order valence-electron chi connectivity index (χ2n) is 6.00. The van der Waals surface area contributed by atoms with Crippen molar-refractivity contribution in [1.82, 2.24) is 20.3 Å². The number of aromatic nitrogens is 3. The molecule has 4 rings (SSSR count). The first-order valence-electron chi connectivity index (χ1n) is 7.91. The lowest BCUT2D eigenvalue weighted by Crippen LogP contribution is -2.50. The highest BCUT2D eigenvalue weighted by atomic mass is 19.1. The van der Waals surface area contributed by atoms with E-state index < -0.39 is 11.6 Å². The number of nitrogens with one attached hydrogen (secondary N) is 2. The van der Waals surface area contributed by atoms with Crippen molar-refractivity contribution in [3.05, 3.63) is 42.0 Å². The highest BCUT2D eigenvalue weighted by molar-refractivity contribution is 5.77. The van der Waals surface area contributed by atoms with Gasteiger partial charge in [0, 0.05) is 31.7 Å². The van der Waals surface area contributed by atoms with E-state index in [0.717, 1.165) is 37.0 Å². The quantitative estimate of drug-likeness (QED) is 0.759. The molecule has 0 saturated carbocycles. The van der Waals surface area contributed by atoms with Gasteiger partial charge >= 0.3 is 0 Å². The van der Waals surface area contributed by atoms with Crippen molar-refractivity contribution in [2.45, 2.75) is 13.0 Å². The minimum Gasteiger partial charge on any atom is -0.351 e. The summed E-state index contributed by atoms with van der Waals surface area (Å²) in [6.45, 7) is 4.84. The Morgan fingerprint density at radius 1 is 1.17 bits per heavy atom. The molecule has 0 aliphatic carbocycles. The Hall–Kier alpha value is -2.54. The summed E-state index contributed by atoms with van der Waals surface area (Å²) in [4.78, 5) is 14.3.